The van der Waals surface area contributed by atoms with E-state index in [0.717, 1.165) is 22.6 Å². The average Bonchev–Trinajstić information content (AvgIpc) is 3.02. The molecule has 0 atom stereocenters. The zero-order valence-electron chi connectivity index (χ0n) is 11.9. The van der Waals surface area contributed by atoms with Crippen LogP contribution in [-0.2, 0) is 4.79 Å². The summed E-state index contributed by atoms with van der Waals surface area (Å²) in [7, 11) is 0. The van der Waals surface area contributed by atoms with Gasteiger partial charge in [0.25, 0.3) is 0 Å². The smallest absolute Gasteiger partial charge is 0.221 e. The first-order valence-corrected chi connectivity index (χ1v) is 7.64. The number of rotatable bonds is 4. The van der Waals surface area contributed by atoms with E-state index in [0.29, 0.717) is 5.82 Å². The molecule has 0 aliphatic heterocycles. The quantitative estimate of drug-likeness (QED) is 0.767. The number of nitrogens with zero attached hydrogens (tertiary/aromatic N) is 2. The van der Waals surface area contributed by atoms with Crippen LogP contribution in [0.15, 0.2) is 53.5 Å². The van der Waals surface area contributed by atoms with Gasteiger partial charge in [0.1, 0.15) is 5.82 Å². The van der Waals surface area contributed by atoms with E-state index >= 15 is 0 Å². The lowest BCUT2D eigenvalue weighted by Gasteiger charge is -2.08. The molecule has 2 N–H and O–H groups in total. The number of amides is 1. The van der Waals surface area contributed by atoms with Crippen molar-refractivity contribution in [2.24, 2.45) is 0 Å². The molecular weight excluding hydrogens is 296 g/mol. The maximum Gasteiger partial charge on any atom is 0.221 e. The Kier molecular flexibility index (Phi) is 4.11. The highest BCUT2D eigenvalue weighted by molar-refractivity contribution is 7.08. The number of hydrogen-bond acceptors (Lipinski definition) is 5. The van der Waals surface area contributed by atoms with Gasteiger partial charge in [-0.15, -0.1) is 0 Å². The summed E-state index contributed by atoms with van der Waals surface area (Å²) in [5.74, 6) is 0.552. The van der Waals surface area contributed by atoms with E-state index in [4.69, 9.17) is 0 Å². The van der Waals surface area contributed by atoms with Crippen LogP contribution in [0.25, 0.3) is 11.3 Å². The molecule has 0 radical (unpaired) electrons. The Morgan fingerprint density at radius 1 is 1.14 bits per heavy atom. The Hall–Kier alpha value is -2.73. The zero-order valence-corrected chi connectivity index (χ0v) is 12.7. The van der Waals surface area contributed by atoms with Crippen LogP contribution in [-0.4, -0.2) is 15.9 Å². The third-order valence-electron chi connectivity index (χ3n) is 2.92. The van der Waals surface area contributed by atoms with Crippen molar-refractivity contribution in [3.8, 4) is 11.3 Å². The maximum atomic E-state index is 11.1. The molecule has 0 bridgehead atoms. The molecule has 2 aromatic heterocycles. The molecule has 3 rings (SSSR count). The molecule has 0 saturated carbocycles. The van der Waals surface area contributed by atoms with Crippen molar-refractivity contribution < 1.29 is 4.79 Å². The summed E-state index contributed by atoms with van der Waals surface area (Å²) in [5, 5.41) is 9.96. The van der Waals surface area contributed by atoms with E-state index in [1.165, 1.54) is 6.92 Å². The van der Waals surface area contributed by atoms with Gasteiger partial charge in [0.05, 0.1) is 18.1 Å². The first kappa shape index (κ1) is 14.2. The van der Waals surface area contributed by atoms with Crippen LogP contribution in [0.4, 0.5) is 17.2 Å². The van der Waals surface area contributed by atoms with Gasteiger partial charge in [-0.2, -0.15) is 11.3 Å². The van der Waals surface area contributed by atoms with Gasteiger partial charge in [-0.25, -0.2) is 4.98 Å². The second kappa shape index (κ2) is 6.36. The van der Waals surface area contributed by atoms with Crippen molar-refractivity contribution in [3.05, 3.63) is 53.5 Å². The number of nitrogens with one attached hydrogen (secondary N) is 2. The number of carbonyl (C=O) groups is 1. The van der Waals surface area contributed by atoms with Gasteiger partial charge in [-0.3, -0.25) is 9.78 Å². The molecule has 0 saturated heterocycles. The first-order chi connectivity index (χ1) is 10.7. The summed E-state index contributed by atoms with van der Waals surface area (Å²) >= 11 is 1.63. The fourth-order valence-corrected chi connectivity index (χ4v) is 2.63. The molecule has 0 fully saturated rings. The van der Waals surface area contributed by atoms with E-state index in [1.807, 2.05) is 41.1 Å². The van der Waals surface area contributed by atoms with Crippen molar-refractivity contribution in [2.45, 2.75) is 6.92 Å². The van der Waals surface area contributed by atoms with Crippen molar-refractivity contribution in [1.29, 1.82) is 0 Å². The normalized spacial score (nSPS) is 10.2. The summed E-state index contributed by atoms with van der Waals surface area (Å²) in [6.45, 7) is 1.48. The number of carbonyl (C=O) groups excluding carboxylic acids is 1. The van der Waals surface area contributed by atoms with Crippen molar-refractivity contribution in [3.63, 3.8) is 0 Å². The lowest BCUT2D eigenvalue weighted by Crippen LogP contribution is -2.05. The van der Waals surface area contributed by atoms with Crippen LogP contribution in [0.2, 0.25) is 0 Å². The summed E-state index contributed by atoms with van der Waals surface area (Å²) in [6.07, 6.45) is 3.43. The van der Waals surface area contributed by atoms with E-state index in [9.17, 15) is 4.79 Å². The van der Waals surface area contributed by atoms with Crippen molar-refractivity contribution in [2.75, 3.05) is 10.6 Å². The minimum absolute atomic E-state index is 0.0999. The lowest BCUT2D eigenvalue weighted by atomic mass is 10.2. The summed E-state index contributed by atoms with van der Waals surface area (Å²) in [5.41, 5.74) is 3.49. The summed E-state index contributed by atoms with van der Waals surface area (Å²) < 4.78 is 0. The highest BCUT2D eigenvalue weighted by Gasteiger charge is 2.03. The fourth-order valence-electron chi connectivity index (χ4n) is 1.98. The minimum Gasteiger partial charge on any atom is -0.339 e. The van der Waals surface area contributed by atoms with Gasteiger partial charge >= 0.3 is 0 Å². The predicted molar refractivity (Wildman–Crippen MR) is 89.4 cm³/mol. The predicted octanol–water partition coefficient (Wildman–Crippen LogP) is 3.91. The Labute approximate surface area is 132 Å². The van der Waals surface area contributed by atoms with Crippen LogP contribution >= 0.6 is 11.3 Å². The van der Waals surface area contributed by atoms with E-state index in [2.05, 4.69) is 20.6 Å². The first-order valence-electron chi connectivity index (χ1n) is 6.70. The standard InChI is InChI=1S/C16H14N4OS/c1-11(21)19-13-3-2-4-14(7-13)20-16-9-17-15(8-18-16)12-5-6-22-10-12/h2-10H,1H3,(H,18,20)(H,19,21). The molecule has 3 aromatic rings. The number of benzene rings is 1. The Bertz CT molecular complexity index is 769. The van der Waals surface area contributed by atoms with Crippen molar-refractivity contribution >= 4 is 34.4 Å². The number of anilines is 3. The monoisotopic (exact) mass is 310 g/mol. The summed E-state index contributed by atoms with van der Waals surface area (Å²) in [4.78, 5) is 19.8. The van der Waals surface area contributed by atoms with Crippen LogP contribution in [0.5, 0.6) is 0 Å². The van der Waals surface area contributed by atoms with Crippen molar-refractivity contribution in [1.82, 2.24) is 9.97 Å². The number of hydrogen-bond donors (Lipinski definition) is 2. The van der Waals surface area contributed by atoms with Gasteiger partial charge in [0.15, 0.2) is 0 Å². The molecule has 0 aliphatic carbocycles. The molecule has 0 unspecified atom stereocenters. The highest BCUT2D eigenvalue weighted by atomic mass is 32.1. The highest BCUT2D eigenvalue weighted by Crippen LogP contribution is 2.22. The third kappa shape index (κ3) is 3.48. The van der Waals surface area contributed by atoms with Gasteiger partial charge in [-0.05, 0) is 29.6 Å². The van der Waals surface area contributed by atoms with Crippen LogP contribution in [0.1, 0.15) is 6.92 Å². The molecule has 5 nitrogen and oxygen atoms in total. The molecule has 110 valence electrons. The van der Waals surface area contributed by atoms with E-state index in [1.54, 1.807) is 23.7 Å². The fraction of sp³-hybridized carbons (Fsp3) is 0.0625. The topological polar surface area (TPSA) is 66.9 Å². The Balaban J connectivity index is 1.74. The maximum absolute atomic E-state index is 11.1. The number of thiophene rings is 1. The Morgan fingerprint density at radius 3 is 2.68 bits per heavy atom. The Morgan fingerprint density at radius 2 is 2.00 bits per heavy atom. The second-order valence-electron chi connectivity index (χ2n) is 4.69. The third-order valence-corrected chi connectivity index (χ3v) is 3.61. The molecule has 1 aromatic carbocycles. The van der Waals surface area contributed by atoms with Crippen LogP contribution in [0.3, 0.4) is 0 Å². The molecule has 0 aliphatic rings. The zero-order chi connectivity index (χ0) is 15.4. The molecule has 2 heterocycles. The minimum atomic E-state index is -0.0999. The van der Waals surface area contributed by atoms with E-state index < -0.39 is 0 Å². The van der Waals surface area contributed by atoms with Crippen LogP contribution in [0, 0.1) is 0 Å². The SMILES string of the molecule is CC(=O)Nc1cccc(Nc2cnc(-c3ccsc3)cn2)c1. The van der Waals surface area contributed by atoms with Crippen LogP contribution < -0.4 is 10.6 Å². The molecule has 0 spiro atoms. The van der Waals surface area contributed by atoms with Gasteiger partial charge < -0.3 is 10.6 Å². The van der Waals surface area contributed by atoms with Gasteiger partial charge in [0, 0.05) is 29.2 Å². The van der Waals surface area contributed by atoms with E-state index in [-0.39, 0.29) is 5.91 Å². The lowest BCUT2D eigenvalue weighted by molar-refractivity contribution is -0.114. The number of aromatic nitrogens is 2. The molecule has 1 amide bonds. The molecule has 6 heteroatoms. The van der Waals surface area contributed by atoms with Gasteiger partial charge in [0.2, 0.25) is 5.91 Å². The van der Waals surface area contributed by atoms with Gasteiger partial charge in [-0.1, -0.05) is 6.07 Å². The largest absolute Gasteiger partial charge is 0.339 e. The molecular formula is C16H14N4OS. The molecule has 22 heavy (non-hydrogen) atoms. The average molecular weight is 310 g/mol. The second-order valence-corrected chi connectivity index (χ2v) is 5.47. The summed E-state index contributed by atoms with van der Waals surface area (Å²) in [6, 6.07) is 9.45.